The number of rotatable bonds is 3. The van der Waals surface area contributed by atoms with Crippen molar-refractivity contribution in [3.05, 3.63) is 198 Å². The van der Waals surface area contributed by atoms with Gasteiger partial charge in [-0.2, -0.15) is 0 Å². The molecule has 0 bridgehead atoms. The quantitative estimate of drug-likeness (QED) is 0.171. The van der Waals surface area contributed by atoms with Gasteiger partial charge < -0.3 is 4.74 Å². The number of nitrogens with zero attached hydrogens (tertiary/aromatic N) is 3. The van der Waals surface area contributed by atoms with Gasteiger partial charge >= 0.3 is 0 Å². The third-order valence-corrected chi connectivity index (χ3v) is 11.8. The largest absolute Gasteiger partial charge is 0.457 e. The van der Waals surface area contributed by atoms with Crippen molar-refractivity contribution in [3.63, 3.8) is 0 Å². The molecule has 1 spiro atoms. The Labute approximate surface area is 326 Å². The monoisotopic (exact) mass is 719 g/mol. The first-order valence-corrected chi connectivity index (χ1v) is 19.3. The van der Waals surface area contributed by atoms with Crippen LogP contribution in [0.2, 0.25) is 0 Å². The van der Waals surface area contributed by atoms with E-state index in [1.165, 1.54) is 44.0 Å². The Kier molecular flexibility index (Phi) is 6.99. The van der Waals surface area contributed by atoms with Crippen molar-refractivity contribution >= 4 is 21.5 Å². The van der Waals surface area contributed by atoms with Gasteiger partial charge in [0.15, 0.2) is 5.82 Å². The van der Waals surface area contributed by atoms with E-state index in [0.717, 1.165) is 56.1 Å². The number of ether oxygens (including phenoxy) is 1. The Morgan fingerprint density at radius 1 is 0.446 bits per heavy atom. The summed E-state index contributed by atoms with van der Waals surface area (Å²) in [4.78, 5) is 5.44. The fourth-order valence-electron chi connectivity index (χ4n) is 9.13. The minimum absolute atomic E-state index is 0.0386. The predicted molar refractivity (Wildman–Crippen MR) is 227 cm³/mol. The van der Waals surface area contributed by atoms with E-state index < -0.39 is 5.41 Å². The average Bonchev–Trinajstić information content (AvgIpc) is 3.53. The van der Waals surface area contributed by atoms with E-state index in [-0.39, 0.29) is 5.41 Å². The van der Waals surface area contributed by atoms with Crippen molar-refractivity contribution in [2.24, 2.45) is 0 Å². The molecule has 0 fully saturated rings. The van der Waals surface area contributed by atoms with Gasteiger partial charge in [0.2, 0.25) is 0 Å². The highest BCUT2D eigenvalue weighted by Crippen LogP contribution is 2.62. The second-order valence-corrected chi connectivity index (χ2v) is 16.0. The molecule has 0 N–H and O–H groups in total. The van der Waals surface area contributed by atoms with Crippen molar-refractivity contribution < 1.29 is 4.74 Å². The Balaban J connectivity index is 1.13. The van der Waals surface area contributed by atoms with E-state index in [2.05, 4.69) is 178 Å². The third kappa shape index (κ3) is 4.75. The molecule has 2 aliphatic rings. The lowest BCUT2D eigenvalue weighted by Crippen LogP contribution is -2.32. The normalized spacial score (nSPS) is 13.6. The van der Waals surface area contributed by atoms with Gasteiger partial charge in [-0.3, -0.25) is 0 Å². The van der Waals surface area contributed by atoms with E-state index in [1.807, 2.05) is 12.1 Å². The zero-order chi connectivity index (χ0) is 37.6. The molecule has 1 aliphatic heterocycles. The van der Waals surface area contributed by atoms with Gasteiger partial charge in [-0.25, -0.2) is 4.98 Å². The van der Waals surface area contributed by atoms with Crippen LogP contribution in [0.3, 0.4) is 0 Å². The number of para-hydroxylation sites is 2. The molecule has 9 aromatic rings. The summed E-state index contributed by atoms with van der Waals surface area (Å²) in [5.41, 5.74) is 12.2. The zero-order valence-electron chi connectivity index (χ0n) is 31.4. The predicted octanol–water partition coefficient (Wildman–Crippen LogP) is 12.9. The van der Waals surface area contributed by atoms with E-state index in [4.69, 9.17) is 19.9 Å². The lowest BCUT2D eigenvalue weighted by molar-refractivity contribution is 0.436. The summed E-state index contributed by atoms with van der Waals surface area (Å²) >= 11 is 0. The fourth-order valence-corrected chi connectivity index (χ4v) is 9.13. The Bertz CT molecular complexity index is 3020. The second kappa shape index (κ2) is 12.0. The van der Waals surface area contributed by atoms with Gasteiger partial charge in [0.1, 0.15) is 22.9 Å². The molecule has 2 heterocycles. The first-order valence-electron chi connectivity index (χ1n) is 19.3. The molecule has 8 aromatic carbocycles. The van der Waals surface area contributed by atoms with Crippen molar-refractivity contribution in [2.45, 2.75) is 31.6 Å². The summed E-state index contributed by atoms with van der Waals surface area (Å²) in [6, 6.07) is 60.6. The van der Waals surface area contributed by atoms with Crippen LogP contribution in [0.1, 0.15) is 48.6 Å². The number of hydrogen-bond acceptors (Lipinski definition) is 4. The fraction of sp³-hybridized carbons (Fsp3) is 0.0962. The number of aromatic nitrogens is 3. The number of fused-ring (bicyclic) bond motifs is 12. The van der Waals surface area contributed by atoms with Crippen molar-refractivity contribution in [3.8, 4) is 56.5 Å². The molecule has 266 valence electrons. The van der Waals surface area contributed by atoms with E-state index in [9.17, 15) is 0 Å². The molecule has 0 amide bonds. The summed E-state index contributed by atoms with van der Waals surface area (Å²) in [5, 5.41) is 14.8. The highest BCUT2D eigenvalue weighted by Gasteiger charge is 2.51. The smallest absolute Gasteiger partial charge is 0.182 e. The van der Waals surface area contributed by atoms with Gasteiger partial charge in [0.05, 0.1) is 5.41 Å². The number of hydrogen-bond donors (Lipinski definition) is 0. The molecule has 0 radical (unpaired) electrons. The topological polar surface area (TPSA) is 47.9 Å². The highest BCUT2D eigenvalue weighted by atomic mass is 16.5. The van der Waals surface area contributed by atoms with Crippen LogP contribution in [0.5, 0.6) is 11.5 Å². The van der Waals surface area contributed by atoms with Gasteiger partial charge in [0.25, 0.3) is 0 Å². The molecule has 1 aromatic heterocycles. The molecule has 0 saturated heterocycles. The van der Waals surface area contributed by atoms with E-state index in [0.29, 0.717) is 5.82 Å². The molecule has 4 nitrogen and oxygen atoms in total. The maximum Gasteiger partial charge on any atom is 0.182 e. The third-order valence-electron chi connectivity index (χ3n) is 11.8. The molecular formula is C52H37N3O. The van der Waals surface area contributed by atoms with Crippen molar-refractivity contribution in [1.29, 1.82) is 0 Å². The maximum absolute atomic E-state index is 6.58. The summed E-state index contributed by atoms with van der Waals surface area (Å²) in [5.74, 6) is 2.32. The second-order valence-electron chi connectivity index (χ2n) is 16.0. The van der Waals surface area contributed by atoms with Crippen LogP contribution in [-0.2, 0) is 10.8 Å². The lowest BCUT2D eigenvalue weighted by atomic mass is 9.66. The summed E-state index contributed by atoms with van der Waals surface area (Å²) in [6.07, 6.45) is 0. The van der Waals surface area contributed by atoms with Crippen LogP contribution in [0.4, 0.5) is 0 Å². The van der Waals surface area contributed by atoms with Crippen LogP contribution in [0.25, 0.3) is 66.6 Å². The van der Waals surface area contributed by atoms with Crippen LogP contribution >= 0.6 is 0 Å². The molecular weight excluding hydrogens is 683 g/mol. The zero-order valence-corrected chi connectivity index (χ0v) is 31.4. The van der Waals surface area contributed by atoms with E-state index in [1.54, 1.807) is 0 Å². The van der Waals surface area contributed by atoms with Gasteiger partial charge in [-0.05, 0) is 85.1 Å². The summed E-state index contributed by atoms with van der Waals surface area (Å²) in [6.45, 7) is 6.74. The van der Waals surface area contributed by atoms with Crippen LogP contribution in [0.15, 0.2) is 170 Å². The summed E-state index contributed by atoms with van der Waals surface area (Å²) < 4.78 is 6.58. The first kappa shape index (κ1) is 32.5. The Morgan fingerprint density at radius 3 is 1.89 bits per heavy atom. The molecule has 0 saturated carbocycles. The maximum atomic E-state index is 6.58. The minimum Gasteiger partial charge on any atom is -0.457 e. The average molecular weight is 720 g/mol. The van der Waals surface area contributed by atoms with Gasteiger partial charge in [-0.15, -0.1) is 10.2 Å². The SMILES string of the molecule is CC(C)(C)c1cccc(-c2nc(-c3ccc4c(c3)C3(c5ccccc5Oc5ccccc53)c3ccccc3-4)nnc2-c2ccc3c(ccc4ccccc43)c2)c1. The number of benzene rings is 8. The van der Waals surface area contributed by atoms with Crippen LogP contribution in [-0.4, -0.2) is 15.2 Å². The van der Waals surface area contributed by atoms with E-state index >= 15 is 0 Å². The summed E-state index contributed by atoms with van der Waals surface area (Å²) in [7, 11) is 0. The van der Waals surface area contributed by atoms with Crippen LogP contribution in [0, 0.1) is 0 Å². The minimum atomic E-state index is -0.583. The van der Waals surface area contributed by atoms with Crippen molar-refractivity contribution in [1.82, 2.24) is 15.2 Å². The highest BCUT2D eigenvalue weighted by molar-refractivity contribution is 6.08. The van der Waals surface area contributed by atoms with Crippen molar-refractivity contribution in [2.75, 3.05) is 0 Å². The molecule has 11 rings (SSSR count). The molecule has 1 aliphatic carbocycles. The standard InChI is InChI=1S/C52H37N3O/c1-51(2,3)37-15-12-14-34(30-37)48-49(35-25-27-39-33(29-35)24-23-32-13-4-5-16-38(32)39)54-55-50(53-48)36-26-28-41-40-17-6-7-18-42(40)52(45(41)31-36)43-19-8-10-21-46(43)56-47-22-11-9-20-44(47)52/h4-31H,1-3H3. The van der Waals surface area contributed by atoms with Gasteiger partial charge in [0, 0.05) is 27.8 Å². The molecule has 0 atom stereocenters. The lowest BCUT2D eigenvalue weighted by Gasteiger charge is -2.39. The molecule has 4 heteroatoms. The Morgan fingerprint density at radius 2 is 1.09 bits per heavy atom. The molecule has 56 heavy (non-hydrogen) atoms. The van der Waals surface area contributed by atoms with Gasteiger partial charge in [-0.1, -0.05) is 160 Å². The first-order chi connectivity index (χ1) is 27.4. The Hall–Kier alpha value is -6.91. The molecule has 0 unspecified atom stereocenters. The van der Waals surface area contributed by atoms with Crippen LogP contribution < -0.4 is 4.74 Å².